The Kier molecular flexibility index (Phi) is 3.89. The van der Waals surface area contributed by atoms with Crippen LogP contribution in [-0.4, -0.2) is 28.5 Å². The van der Waals surface area contributed by atoms with Crippen LogP contribution >= 0.6 is 0 Å². The van der Waals surface area contributed by atoms with Crippen molar-refractivity contribution in [2.75, 3.05) is 13.1 Å². The Morgan fingerprint density at radius 2 is 2.12 bits per heavy atom. The van der Waals surface area contributed by atoms with Gasteiger partial charge in [0.2, 0.25) is 0 Å². The van der Waals surface area contributed by atoms with Gasteiger partial charge in [-0.05, 0) is 51.4 Å². The molecule has 0 amide bonds. The molecule has 1 aromatic rings. The number of aromatic nitrogens is 1. The average Bonchev–Trinajstić information content (AvgIpc) is 2.92. The summed E-state index contributed by atoms with van der Waals surface area (Å²) in [7, 11) is 0. The van der Waals surface area contributed by atoms with Crippen LogP contribution in [0.3, 0.4) is 0 Å². The first-order chi connectivity index (χ1) is 8.18. The third-order valence-corrected chi connectivity index (χ3v) is 4.42. The second-order valence-corrected chi connectivity index (χ2v) is 5.36. The van der Waals surface area contributed by atoms with Gasteiger partial charge in [-0.15, -0.1) is 0 Å². The van der Waals surface area contributed by atoms with E-state index in [9.17, 15) is 0 Å². The molecule has 0 spiro atoms. The molecule has 2 atom stereocenters. The number of H-pyrrole nitrogens is 1. The van der Waals surface area contributed by atoms with Crippen LogP contribution < -0.4 is 5.73 Å². The molecule has 0 saturated carbocycles. The summed E-state index contributed by atoms with van der Waals surface area (Å²) in [4.78, 5) is 5.85. The molecule has 0 radical (unpaired) electrons. The first-order valence-corrected chi connectivity index (χ1v) is 6.82. The summed E-state index contributed by atoms with van der Waals surface area (Å²) in [5.41, 5.74) is 7.71. The van der Waals surface area contributed by atoms with Crippen LogP contribution in [0.4, 0.5) is 0 Å². The Morgan fingerprint density at radius 3 is 2.65 bits per heavy atom. The number of hydrogen-bond donors (Lipinski definition) is 2. The summed E-state index contributed by atoms with van der Waals surface area (Å²) in [6, 6.07) is 4.20. The molecule has 1 aromatic heterocycles. The maximum absolute atomic E-state index is 6.49. The molecule has 2 unspecified atom stereocenters. The molecule has 96 valence electrons. The highest BCUT2D eigenvalue weighted by Crippen LogP contribution is 2.33. The lowest BCUT2D eigenvalue weighted by Crippen LogP contribution is -2.54. The van der Waals surface area contributed by atoms with Crippen LogP contribution in [0.25, 0.3) is 0 Å². The molecule has 1 saturated heterocycles. The van der Waals surface area contributed by atoms with Crippen molar-refractivity contribution in [1.82, 2.24) is 9.88 Å². The fraction of sp³-hybridized carbons (Fsp3) is 0.714. The zero-order valence-electron chi connectivity index (χ0n) is 11.1. The SMILES string of the molecule is CCC(C)(C(N)c1ccc[nH]1)N1CCCCC1. The molecule has 2 heterocycles. The minimum absolute atomic E-state index is 0.0700. The molecule has 3 nitrogen and oxygen atoms in total. The normalized spacial score (nSPS) is 23.2. The standard InChI is InChI=1S/C14H25N3/c1-3-14(2,17-10-5-4-6-11-17)13(15)12-8-7-9-16-12/h7-9,13,16H,3-6,10-11,15H2,1-2H3. The van der Waals surface area contributed by atoms with Crippen molar-refractivity contribution in [2.45, 2.75) is 51.1 Å². The van der Waals surface area contributed by atoms with Gasteiger partial charge in [0.1, 0.15) is 0 Å². The monoisotopic (exact) mass is 235 g/mol. The van der Waals surface area contributed by atoms with Crippen LogP contribution in [-0.2, 0) is 0 Å². The maximum atomic E-state index is 6.49. The molecule has 1 fully saturated rings. The van der Waals surface area contributed by atoms with E-state index in [1.54, 1.807) is 0 Å². The molecule has 0 bridgehead atoms. The van der Waals surface area contributed by atoms with E-state index in [-0.39, 0.29) is 11.6 Å². The van der Waals surface area contributed by atoms with Gasteiger partial charge in [0.25, 0.3) is 0 Å². The highest BCUT2D eigenvalue weighted by molar-refractivity contribution is 5.15. The number of nitrogens with one attached hydrogen (secondary N) is 1. The fourth-order valence-corrected chi connectivity index (χ4v) is 2.92. The topological polar surface area (TPSA) is 45.1 Å². The van der Waals surface area contributed by atoms with Crippen LogP contribution in [0, 0.1) is 0 Å². The van der Waals surface area contributed by atoms with Crippen LogP contribution in [0.1, 0.15) is 51.3 Å². The molecule has 1 aliphatic rings. The highest BCUT2D eigenvalue weighted by atomic mass is 15.2. The summed E-state index contributed by atoms with van der Waals surface area (Å²) in [5, 5.41) is 0. The molecular weight excluding hydrogens is 210 g/mol. The van der Waals surface area contributed by atoms with Crippen molar-refractivity contribution in [1.29, 1.82) is 0 Å². The van der Waals surface area contributed by atoms with E-state index in [1.807, 2.05) is 12.3 Å². The molecule has 3 N–H and O–H groups in total. The number of aromatic amines is 1. The predicted molar refractivity (Wildman–Crippen MR) is 71.8 cm³/mol. The van der Waals surface area contributed by atoms with Crippen molar-refractivity contribution in [3.8, 4) is 0 Å². The molecular formula is C14H25N3. The van der Waals surface area contributed by atoms with Gasteiger partial charge in [-0.25, -0.2) is 0 Å². The highest BCUT2D eigenvalue weighted by Gasteiger charge is 2.37. The van der Waals surface area contributed by atoms with Gasteiger partial charge in [0.15, 0.2) is 0 Å². The predicted octanol–water partition coefficient (Wildman–Crippen LogP) is 2.67. The Bertz CT molecular complexity index is 327. The smallest absolute Gasteiger partial charge is 0.0631 e. The van der Waals surface area contributed by atoms with E-state index in [4.69, 9.17) is 5.73 Å². The van der Waals surface area contributed by atoms with Gasteiger partial charge in [-0.2, -0.15) is 0 Å². The van der Waals surface area contributed by atoms with Crippen molar-refractivity contribution >= 4 is 0 Å². The van der Waals surface area contributed by atoms with E-state index in [0.717, 1.165) is 12.1 Å². The summed E-state index contributed by atoms with van der Waals surface area (Å²) < 4.78 is 0. The Balaban J connectivity index is 2.17. The number of likely N-dealkylation sites (tertiary alicyclic amines) is 1. The first-order valence-electron chi connectivity index (χ1n) is 6.82. The van der Waals surface area contributed by atoms with Crippen molar-refractivity contribution in [3.63, 3.8) is 0 Å². The third-order valence-electron chi connectivity index (χ3n) is 4.42. The summed E-state index contributed by atoms with van der Waals surface area (Å²) >= 11 is 0. The molecule has 17 heavy (non-hydrogen) atoms. The van der Waals surface area contributed by atoms with Crippen LogP contribution in [0.15, 0.2) is 18.3 Å². The van der Waals surface area contributed by atoms with Gasteiger partial charge in [-0.3, -0.25) is 4.90 Å². The third kappa shape index (κ3) is 2.40. The van der Waals surface area contributed by atoms with Crippen molar-refractivity contribution < 1.29 is 0 Å². The van der Waals surface area contributed by atoms with Gasteiger partial charge in [0.05, 0.1) is 6.04 Å². The van der Waals surface area contributed by atoms with Gasteiger partial charge >= 0.3 is 0 Å². The van der Waals surface area contributed by atoms with E-state index in [1.165, 1.54) is 32.4 Å². The summed E-state index contributed by atoms with van der Waals surface area (Å²) in [6.45, 7) is 6.94. The number of hydrogen-bond acceptors (Lipinski definition) is 2. The van der Waals surface area contributed by atoms with E-state index >= 15 is 0 Å². The van der Waals surface area contributed by atoms with E-state index in [2.05, 4.69) is 29.8 Å². The van der Waals surface area contributed by atoms with E-state index < -0.39 is 0 Å². The Hall–Kier alpha value is -0.800. The Morgan fingerprint density at radius 1 is 1.41 bits per heavy atom. The first kappa shape index (κ1) is 12.7. The lowest BCUT2D eigenvalue weighted by molar-refractivity contribution is 0.0533. The molecule has 3 heteroatoms. The molecule has 1 aliphatic heterocycles. The zero-order chi connectivity index (χ0) is 12.3. The van der Waals surface area contributed by atoms with Gasteiger partial charge in [-0.1, -0.05) is 13.3 Å². The lowest BCUT2D eigenvalue weighted by atomic mass is 9.84. The summed E-state index contributed by atoms with van der Waals surface area (Å²) in [5.74, 6) is 0. The average molecular weight is 235 g/mol. The van der Waals surface area contributed by atoms with Crippen LogP contribution in [0.2, 0.25) is 0 Å². The van der Waals surface area contributed by atoms with E-state index in [0.29, 0.717) is 0 Å². The second kappa shape index (κ2) is 5.23. The van der Waals surface area contributed by atoms with Crippen molar-refractivity contribution in [3.05, 3.63) is 24.0 Å². The number of rotatable bonds is 4. The summed E-state index contributed by atoms with van der Waals surface area (Å²) in [6.07, 6.45) is 7.04. The minimum atomic E-state index is 0.0700. The lowest BCUT2D eigenvalue weighted by Gasteiger charge is -2.46. The molecule has 2 rings (SSSR count). The second-order valence-electron chi connectivity index (χ2n) is 5.36. The Labute approximate surface area is 104 Å². The largest absolute Gasteiger partial charge is 0.364 e. The molecule has 0 aromatic carbocycles. The maximum Gasteiger partial charge on any atom is 0.0631 e. The zero-order valence-corrected chi connectivity index (χ0v) is 11.1. The number of nitrogens with zero attached hydrogens (tertiary/aromatic N) is 1. The minimum Gasteiger partial charge on any atom is -0.364 e. The van der Waals surface area contributed by atoms with Crippen molar-refractivity contribution in [2.24, 2.45) is 5.73 Å². The van der Waals surface area contributed by atoms with Gasteiger partial charge < -0.3 is 10.7 Å². The molecule has 0 aliphatic carbocycles. The quantitative estimate of drug-likeness (QED) is 0.842. The fourth-order valence-electron chi connectivity index (χ4n) is 2.92. The number of piperidine rings is 1. The number of nitrogens with two attached hydrogens (primary N) is 1. The van der Waals surface area contributed by atoms with Gasteiger partial charge in [0, 0.05) is 17.4 Å². The van der Waals surface area contributed by atoms with Crippen LogP contribution in [0.5, 0.6) is 0 Å².